The fourth-order valence-corrected chi connectivity index (χ4v) is 2.17. The van der Waals surface area contributed by atoms with Gasteiger partial charge in [-0.05, 0) is 42.9 Å². The van der Waals surface area contributed by atoms with Crippen LogP contribution in [0.2, 0.25) is 0 Å². The fourth-order valence-electron chi connectivity index (χ4n) is 2.17. The first-order valence-electron chi connectivity index (χ1n) is 7.27. The van der Waals surface area contributed by atoms with Crippen LogP contribution in [0.4, 0.5) is 5.69 Å². The number of nitrogens with zero attached hydrogens (tertiary/aromatic N) is 1. The van der Waals surface area contributed by atoms with Crippen molar-refractivity contribution in [3.05, 3.63) is 29.8 Å². The molecule has 1 unspecified atom stereocenters. The molecular weight excluding hydrogens is 252 g/mol. The highest BCUT2D eigenvalue weighted by molar-refractivity contribution is 5.76. The van der Waals surface area contributed by atoms with Crippen LogP contribution in [-0.2, 0) is 11.2 Å². The Morgan fingerprint density at radius 3 is 2.55 bits per heavy atom. The van der Waals surface area contributed by atoms with E-state index in [2.05, 4.69) is 34.5 Å². The van der Waals surface area contributed by atoms with Crippen LogP contribution in [0.3, 0.4) is 0 Å². The molecule has 1 aliphatic rings. The highest BCUT2D eigenvalue weighted by Gasteiger charge is 2.29. The van der Waals surface area contributed by atoms with Crippen LogP contribution in [0.1, 0.15) is 24.8 Å². The second kappa shape index (κ2) is 6.75. The molecule has 1 aliphatic carbocycles. The minimum absolute atomic E-state index is 0.0152. The molecule has 1 amide bonds. The van der Waals surface area contributed by atoms with Gasteiger partial charge < -0.3 is 15.3 Å². The van der Waals surface area contributed by atoms with Gasteiger partial charge in [-0.1, -0.05) is 12.1 Å². The van der Waals surface area contributed by atoms with Crippen LogP contribution < -0.4 is 10.2 Å². The molecule has 0 aromatic heterocycles. The molecule has 1 atom stereocenters. The molecule has 110 valence electrons. The third-order valence-electron chi connectivity index (χ3n) is 3.77. The number of aliphatic hydroxyl groups excluding tert-OH is 1. The zero-order valence-corrected chi connectivity index (χ0v) is 12.3. The van der Waals surface area contributed by atoms with E-state index in [0.29, 0.717) is 18.9 Å². The summed E-state index contributed by atoms with van der Waals surface area (Å²) in [5.41, 5.74) is 2.32. The first-order valence-corrected chi connectivity index (χ1v) is 7.27. The highest BCUT2D eigenvalue weighted by Crippen LogP contribution is 2.32. The van der Waals surface area contributed by atoms with Gasteiger partial charge in [-0.3, -0.25) is 4.79 Å². The third kappa shape index (κ3) is 4.53. The van der Waals surface area contributed by atoms with Crippen LogP contribution in [0.15, 0.2) is 24.3 Å². The molecule has 1 fully saturated rings. The van der Waals surface area contributed by atoms with Crippen molar-refractivity contribution in [1.82, 2.24) is 5.32 Å². The summed E-state index contributed by atoms with van der Waals surface area (Å²) in [6, 6.07) is 8.23. The van der Waals surface area contributed by atoms with E-state index < -0.39 is 0 Å². The van der Waals surface area contributed by atoms with Gasteiger partial charge in [0.05, 0.1) is 6.10 Å². The van der Waals surface area contributed by atoms with E-state index in [1.54, 1.807) is 0 Å². The first-order chi connectivity index (χ1) is 9.56. The minimum Gasteiger partial charge on any atom is -0.391 e. The molecule has 2 rings (SSSR count). The number of aliphatic hydroxyl groups is 1. The van der Waals surface area contributed by atoms with Gasteiger partial charge in [0, 0.05) is 32.7 Å². The summed E-state index contributed by atoms with van der Waals surface area (Å²) in [6.45, 7) is 0.392. The average Bonchev–Trinajstić information content (AvgIpc) is 3.27. The molecule has 2 N–H and O–H groups in total. The summed E-state index contributed by atoms with van der Waals surface area (Å²) < 4.78 is 0. The van der Waals surface area contributed by atoms with Gasteiger partial charge in [-0.15, -0.1) is 0 Å². The maximum Gasteiger partial charge on any atom is 0.220 e. The standard InChI is InChI=1S/C16H24N2O2/c1-18(2)14-8-3-12(4-9-14)5-10-16(20)17-11-15(19)13-6-7-13/h3-4,8-9,13,15,19H,5-7,10-11H2,1-2H3,(H,17,20). The van der Waals surface area contributed by atoms with Crippen molar-refractivity contribution in [1.29, 1.82) is 0 Å². The number of rotatable bonds is 7. The number of carbonyl (C=O) groups excluding carboxylic acids is 1. The van der Waals surface area contributed by atoms with Crippen LogP contribution in [0.5, 0.6) is 0 Å². The Balaban J connectivity index is 1.69. The largest absolute Gasteiger partial charge is 0.391 e. The predicted octanol–water partition coefficient (Wildman–Crippen LogP) is 1.57. The van der Waals surface area contributed by atoms with Crippen LogP contribution in [0.25, 0.3) is 0 Å². The Hall–Kier alpha value is -1.55. The van der Waals surface area contributed by atoms with Crippen molar-refractivity contribution < 1.29 is 9.90 Å². The Kier molecular flexibility index (Phi) is 5.01. The molecule has 1 aromatic rings. The lowest BCUT2D eigenvalue weighted by Gasteiger charge is -2.13. The van der Waals surface area contributed by atoms with Crippen LogP contribution in [0, 0.1) is 5.92 Å². The number of anilines is 1. The number of hydrogen-bond acceptors (Lipinski definition) is 3. The van der Waals surface area contributed by atoms with Crippen molar-refractivity contribution in [2.45, 2.75) is 31.8 Å². The van der Waals surface area contributed by atoms with Crippen molar-refractivity contribution in [3.63, 3.8) is 0 Å². The lowest BCUT2D eigenvalue weighted by Crippen LogP contribution is -2.33. The fraction of sp³-hybridized carbons (Fsp3) is 0.562. The summed E-state index contributed by atoms with van der Waals surface area (Å²) in [7, 11) is 4.02. The summed E-state index contributed by atoms with van der Waals surface area (Å²) in [5.74, 6) is 0.426. The number of carbonyl (C=O) groups is 1. The van der Waals surface area contributed by atoms with Gasteiger partial charge in [-0.2, -0.15) is 0 Å². The van der Waals surface area contributed by atoms with Crippen molar-refractivity contribution in [2.75, 3.05) is 25.5 Å². The topological polar surface area (TPSA) is 52.6 Å². The summed E-state index contributed by atoms with van der Waals surface area (Å²) in [6.07, 6.45) is 3.03. The number of hydrogen-bond donors (Lipinski definition) is 2. The molecule has 4 heteroatoms. The predicted molar refractivity (Wildman–Crippen MR) is 80.8 cm³/mol. The van der Waals surface area contributed by atoms with Crippen molar-refractivity contribution in [3.8, 4) is 0 Å². The zero-order chi connectivity index (χ0) is 14.5. The maximum absolute atomic E-state index is 11.7. The number of benzene rings is 1. The van der Waals surface area contributed by atoms with Crippen molar-refractivity contribution >= 4 is 11.6 Å². The Labute approximate surface area is 120 Å². The van der Waals surface area contributed by atoms with Crippen molar-refractivity contribution in [2.24, 2.45) is 5.92 Å². The molecular formula is C16H24N2O2. The second-order valence-electron chi connectivity index (χ2n) is 5.77. The van der Waals surface area contributed by atoms with Gasteiger partial charge in [0.1, 0.15) is 0 Å². The smallest absolute Gasteiger partial charge is 0.220 e. The molecule has 0 radical (unpaired) electrons. The van der Waals surface area contributed by atoms with E-state index in [1.165, 1.54) is 0 Å². The Morgan fingerprint density at radius 2 is 2.00 bits per heavy atom. The second-order valence-corrected chi connectivity index (χ2v) is 5.77. The first kappa shape index (κ1) is 14.9. The monoisotopic (exact) mass is 276 g/mol. The van der Waals surface area contributed by atoms with Gasteiger partial charge >= 0.3 is 0 Å². The van der Waals surface area contributed by atoms with E-state index in [1.807, 2.05) is 14.1 Å². The number of nitrogens with one attached hydrogen (secondary N) is 1. The molecule has 0 saturated heterocycles. The van der Waals surface area contributed by atoms with E-state index in [4.69, 9.17) is 0 Å². The maximum atomic E-state index is 11.7. The highest BCUT2D eigenvalue weighted by atomic mass is 16.3. The number of aryl methyl sites for hydroxylation is 1. The van der Waals surface area contributed by atoms with Gasteiger partial charge in [0.25, 0.3) is 0 Å². The Bertz CT molecular complexity index is 438. The molecule has 0 bridgehead atoms. The summed E-state index contributed by atoms with van der Waals surface area (Å²) in [5, 5.41) is 12.5. The lowest BCUT2D eigenvalue weighted by molar-refractivity contribution is -0.121. The quantitative estimate of drug-likeness (QED) is 0.795. The minimum atomic E-state index is -0.363. The normalized spacial score (nSPS) is 15.8. The third-order valence-corrected chi connectivity index (χ3v) is 3.77. The molecule has 4 nitrogen and oxygen atoms in total. The molecule has 0 heterocycles. The number of amides is 1. The van der Waals surface area contributed by atoms with E-state index in [9.17, 15) is 9.90 Å². The van der Waals surface area contributed by atoms with Crippen LogP contribution >= 0.6 is 0 Å². The molecule has 0 aliphatic heterocycles. The lowest BCUT2D eigenvalue weighted by atomic mass is 10.1. The molecule has 0 spiro atoms. The van der Waals surface area contributed by atoms with Gasteiger partial charge in [0.15, 0.2) is 0 Å². The summed E-state index contributed by atoms with van der Waals surface area (Å²) >= 11 is 0. The van der Waals surface area contributed by atoms with E-state index in [0.717, 1.165) is 30.5 Å². The Morgan fingerprint density at radius 1 is 1.35 bits per heavy atom. The molecule has 20 heavy (non-hydrogen) atoms. The molecule has 1 saturated carbocycles. The van der Waals surface area contributed by atoms with Gasteiger partial charge in [-0.25, -0.2) is 0 Å². The van der Waals surface area contributed by atoms with E-state index in [-0.39, 0.29) is 12.0 Å². The average molecular weight is 276 g/mol. The molecule has 1 aromatic carbocycles. The SMILES string of the molecule is CN(C)c1ccc(CCC(=O)NCC(O)C2CC2)cc1. The van der Waals surface area contributed by atoms with E-state index >= 15 is 0 Å². The van der Waals surface area contributed by atoms with Gasteiger partial charge in [0.2, 0.25) is 5.91 Å². The zero-order valence-electron chi connectivity index (χ0n) is 12.3. The summed E-state index contributed by atoms with van der Waals surface area (Å²) in [4.78, 5) is 13.8. The van der Waals surface area contributed by atoms with Crippen LogP contribution in [-0.4, -0.2) is 37.8 Å².